The smallest absolute Gasteiger partial charge is 0.305 e. The van der Waals surface area contributed by atoms with E-state index in [2.05, 4.69) is 5.32 Å². The van der Waals surface area contributed by atoms with Crippen molar-refractivity contribution in [3.63, 3.8) is 0 Å². The average molecular weight is 256 g/mol. The van der Waals surface area contributed by atoms with Crippen LogP contribution in [0.3, 0.4) is 0 Å². The van der Waals surface area contributed by atoms with Crippen molar-refractivity contribution in [3.05, 3.63) is 0 Å². The number of carbonyl (C=O) groups excluding carboxylic acids is 1. The number of hydrogen-bond acceptors (Lipinski definition) is 3. The zero-order chi connectivity index (χ0) is 13.5. The Morgan fingerprint density at radius 1 is 1.33 bits per heavy atom. The third kappa shape index (κ3) is 5.49. The Bertz CT molecular complexity index is 288. The van der Waals surface area contributed by atoms with Crippen LogP contribution in [0, 0.1) is 5.92 Å². The highest BCUT2D eigenvalue weighted by Gasteiger charge is 2.21. The molecular formula is C13H24N2O3. The minimum Gasteiger partial charge on any atom is -0.481 e. The van der Waals surface area contributed by atoms with Gasteiger partial charge in [-0.25, -0.2) is 0 Å². The van der Waals surface area contributed by atoms with Crippen LogP contribution in [-0.4, -0.2) is 29.1 Å². The van der Waals surface area contributed by atoms with Crippen LogP contribution < -0.4 is 11.1 Å². The van der Waals surface area contributed by atoms with Crippen molar-refractivity contribution in [2.75, 3.05) is 0 Å². The molecule has 1 amide bonds. The second kappa shape index (κ2) is 7.36. The van der Waals surface area contributed by atoms with E-state index in [1.165, 1.54) is 32.1 Å². The molecule has 0 aromatic carbocycles. The molecule has 0 radical (unpaired) electrons. The summed E-state index contributed by atoms with van der Waals surface area (Å²) in [5, 5.41) is 11.4. The van der Waals surface area contributed by atoms with Crippen molar-refractivity contribution >= 4 is 11.9 Å². The molecule has 1 unspecified atom stereocenters. The summed E-state index contributed by atoms with van der Waals surface area (Å²) in [4.78, 5) is 22.1. The molecule has 5 heteroatoms. The van der Waals surface area contributed by atoms with Gasteiger partial charge in [-0.15, -0.1) is 0 Å². The third-order valence-corrected chi connectivity index (χ3v) is 3.53. The van der Waals surface area contributed by atoms with Crippen molar-refractivity contribution in [1.82, 2.24) is 5.32 Å². The maximum absolute atomic E-state index is 11.6. The van der Waals surface area contributed by atoms with Crippen LogP contribution in [0.4, 0.5) is 0 Å². The Balaban J connectivity index is 2.27. The number of carbonyl (C=O) groups is 2. The highest BCUT2D eigenvalue weighted by atomic mass is 16.4. The number of aliphatic carboxylic acids is 1. The van der Waals surface area contributed by atoms with E-state index in [0.717, 1.165) is 6.42 Å². The molecule has 2 atom stereocenters. The van der Waals surface area contributed by atoms with Crippen LogP contribution in [0.2, 0.25) is 0 Å². The molecule has 0 aromatic rings. The predicted octanol–water partition coefficient (Wildman–Crippen LogP) is 1.26. The number of carboxylic acids is 1. The summed E-state index contributed by atoms with van der Waals surface area (Å²) in [6.45, 7) is 1.96. The molecule has 18 heavy (non-hydrogen) atoms. The van der Waals surface area contributed by atoms with Crippen molar-refractivity contribution < 1.29 is 14.7 Å². The van der Waals surface area contributed by atoms with Crippen LogP contribution in [-0.2, 0) is 9.59 Å². The van der Waals surface area contributed by atoms with Crippen molar-refractivity contribution in [1.29, 1.82) is 0 Å². The second-order valence-electron chi connectivity index (χ2n) is 5.35. The molecule has 5 nitrogen and oxygen atoms in total. The van der Waals surface area contributed by atoms with E-state index in [0.29, 0.717) is 5.92 Å². The van der Waals surface area contributed by atoms with Gasteiger partial charge in [0.1, 0.15) is 0 Å². The summed E-state index contributed by atoms with van der Waals surface area (Å²) in [6, 6.07) is -0.878. The summed E-state index contributed by atoms with van der Waals surface area (Å²) in [6.07, 6.45) is 7.00. The average Bonchev–Trinajstić information content (AvgIpc) is 2.29. The zero-order valence-corrected chi connectivity index (χ0v) is 11.0. The van der Waals surface area contributed by atoms with Gasteiger partial charge in [0.25, 0.3) is 0 Å². The van der Waals surface area contributed by atoms with Crippen LogP contribution in [0.25, 0.3) is 0 Å². The first kappa shape index (κ1) is 15.0. The van der Waals surface area contributed by atoms with Crippen LogP contribution in [0.15, 0.2) is 0 Å². The summed E-state index contributed by atoms with van der Waals surface area (Å²) in [5.41, 5.74) is 5.51. The summed E-state index contributed by atoms with van der Waals surface area (Å²) in [5.74, 6) is -0.719. The Kier molecular flexibility index (Phi) is 6.12. The van der Waals surface area contributed by atoms with Crippen LogP contribution >= 0.6 is 0 Å². The molecule has 1 rings (SSSR count). The number of carboxylic acid groups (broad SMARTS) is 1. The Hall–Kier alpha value is -1.10. The first-order valence-electron chi connectivity index (χ1n) is 6.76. The van der Waals surface area contributed by atoms with Crippen LogP contribution in [0.5, 0.6) is 0 Å². The Morgan fingerprint density at radius 3 is 2.50 bits per heavy atom. The van der Waals surface area contributed by atoms with E-state index in [4.69, 9.17) is 10.8 Å². The number of nitrogens with two attached hydrogens (primary N) is 1. The molecule has 1 fully saturated rings. The molecule has 1 aliphatic rings. The van der Waals surface area contributed by atoms with E-state index >= 15 is 0 Å². The Morgan fingerprint density at radius 2 is 1.94 bits per heavy atom. The van der Waals surface area contributed by atoms with Gasteiger partial charge >= 0.3 is 5.97 Å². The maximum atomic E-state index is 11.6. The van der Waals surface area contributed by atoms with Gasteiger partial charge in [0.05, 0.1) is 12.5 Å². The monoisotopic (exact) mass is 256 g/mol. The second-order valence-corrected chi connectivity index (χ2v) is 5.35. The lowest BCUT2D eigenvalue weighted by Gasteiger charge is -2.25. The molecule has 4 N–H and O–H groups in total. The SMILES string of the molecule is CC(CC1CCCCC1)NC(=O)[C@@H](N)CC(=O)O. The van der Waals surface area contributed by atoms with Gasteiger partial charge in [-0.1, -0.05) is 32.1 Å². The van der Waals surface area contributed by atoms with Gasteiger partial charge in [0.15, 0.2) is 0 Å². The number of hydrogen-bond donors (Lipinski definition) is 3. The van der Waals surface area contributed by atoms with E-state index in [1.807, 2.05) is 6.92 Å². The van der Waals surface area contributed by atoms with E-state index in [9.17, 15) is 9.59 Å². The molecule has 0 bridgehead atoms. The zero-order valence-electron chi connectivity index (χ0n) is 11.0. The lowest BCUT2D eigenvalue weighted by molar-refractivity contribution is -0.139. The molecule has 0 heterocycles. The normalized spacial score (nSPS) is 20.1. The molecule has 0 aliphatic heterocycles. The van der Waals surface area contributed by atoms with Gasteiger partial charge in [0.2, 0.25) is 5.91 Å². The van der Waals surface area contributed by atoms with E-state index in [1.54, 1.807) is 0 Å². The van der Waals surface area contributed by atoms with Gasteiger partial charge in [-0.2, -0.15) is 0 Å². The van der Waals surface area contributed by atoms with Gasteiger partial charge < -0.3 is 16.2 Å². The standard InChI is InChI=1S/C13H24N2O3/c1-9(7-10-5-3-2-4-6-10)15-13(18)11(14)8-12(16)17/h9-11H,2-8,14H2,1H3,(H,15,18)(H,16,17)/t9?,11-/m0/s1. The van der Waals surface area contributed by atoms with Crippen molar-refractivity contribution in [2.24, 2.45) is 11.7 Å². The first-order chi connectivity index (χ1) is 8.49. The molecule has 1 aliphatic carbocycles. The Labute approximate surface area is 108 Å². The highest BCUT2D eigenvalue weighted by Crippen LogP contribution is 2.27. The highest BCUT2D eigenvalue weighted by molar-refractivity contribution is 5.86. The molecular weight excluding hydrogens is 232 g/mol. The topological polar surface area (TPSA) is 92.4 Å². The minimum atomic E-state index is -1.04. The minimum absolute atomic E-state index is 0.0699. The fraction of sp³-hybridized carbons (Fsp3) is 0.846. The summed E-state index contributed by atoms with van der Waals surface area (Å²) >= 11 is 0. The molecule has 104 valence electrons. The predicted molar refractivity (Wildman–Crippen MR) is 69.0 cm³/mol. The summed E-state index contributed by atoms with van der Waals surface area (Å²) in [7, 11) is 0. The molecule has 0 spiro atoms. The first-order valence-corrected chi connectivity index (χ1v) is 6.76. The van der Waals surface area contributed by atoms with Gasteiger partial charge in [-0.3, -0.25) is 9.59 Å². The maximum Gasteiger partial charge on any atom is 0.305 e. The van der Waals surface area contributed by atoms with E-state index in [-0.39, 0.29) is 18.4 Å². The third-order valence-electron chi connectivity index (χ3n) is 3.53. The van der Waals surface area contributed by atoms with E-state index < -0.39 is 12.0 Å². The fourth-order valence-electron chi connectivity index (χ4n) is 2.61. The van der Waals surface area contributed by atoms with Crippen molar-refractivity contribution in [2.45, 2.75) is 64.0 Å². The lowest BCUT2D eigenvalue weighted by Crippen LogP contribution is -2.45. The van der Waals surface area contributed by atoms with Crippen molar-refractivity contribution in [3.8, 4) is 0 Å². The molecule has 0 saturated heterocycles. The largest absolute Gasteiger partial charge is 0.481 e. The molecule has 1 saturated carbocycles. The summed E-state index contributed by atoms with van der Waals surface area (Å²) < 4.78 is 0. The molecule has 0 aromatic heterocycles. The number of amides is 1. The number of nitrogens with one attached hydrogen (secondary N) is 1. The lowest BCUT2D eigenvalue weighted by atomic mass is 9.85. The van der Waals surface area contributed by atoms with Gasteiger partial charge in [-0.05, 0) is 19.3 Å². The van der Waals surface area contributed by atoms with Crippen LogP contribution in [0.1, 0.15) is 51.9 Å². The fourth-order valence-corrected chi connectivity index (χ4v) is 2.61. The van der Waals surface area contributed by atoms with Gasteiger partial charge in [0, 0.05) is 6.04 Å². The quantitative estimate of drug-likeness (QED) is 0.667. The number of rotatable bonds is 6.